The molecule has 7 nitrogen and oxygen atoms in total. The first-order valence-corrected chi connectivity index (χ1v) is 11.4. The Labute approximate surface area is 198 Å². The average Bonchev–Trinajstić information content (AvgIpc) is 3.17. The van der Waals surface area contributed by atoms with Crippen molar-refractivity contribution in [3.8, 4) is 5.75 Å². The maximum Gasteiger partial charge on any atom is 0.268 e. The van der Waals surface area contributed by atoms with E-state index in [9.17, 15) is 9.59 Å². The van der Waals surface area contributed by atoms with E-state index < -0.39 is 6.10 Å². The monoisotopic (exact) mass is 454 g/mol. The van der Waals surface area contributed by atoms with E-state index in [0.29, 0.717) is 17.1 Å². The molecule has 0 radical (unpaired) electrons. The number of para-hydroxylation sites is 4. The summed E-state index contributed by atoms with van der Waals surface area (Å²) in [7, 11) is 2.04. The van der Waals surface area contributed by atoms with Crippen molar-refractivity contribution in [2.75, 3.05) is 16.8 Å². The van der Waals surface area contributed by atoms with Gasteiger partial charge in [-0.3, -0.25) is 14.5 Å². The van der Waals surface area contributed by atoms with E-state index in [1.807, 2.05) is 61.6 Å². The Balaban J connectivity index is 1.21. The minimum atomic E-state index is -0.627. The molecule has 4 aromatic rings. The topological polar surface area (TPSA) is 76.5 Å². The molecule has 5 rings (SSSR count). The van der Waals surface area contributed by atoms with Crippen molar-refractivity contribution >= 4 is 34.2 Å². The first-order valence-electron chi connectivity index (χ1n) is 11.4. The molecule has 1 aromatic heterocycles. The number of nitrogens with zero attached hydrogens (tertiary/aromatic N) is 3. The van der Waals surface area contributed by atoms with Gasteiger partial charge in [0, 0.05) is 19.2 Å². The molecule has 1 aliphatic heterocycles. The summed E-state index contributed by atoms with van der Waals surface area (Å²) in [5.41, 5.74) is 4.60. The van der Waals surface area contributed by atoms with Crippen LogP contribution in [0.5, 0.6) is 5.75 Å². The lowest BCUT2D eigenvalue weighted by Crippen LogP contribution is -2.47. The number of hydrogen-bond acceptors (Lipinski definition) is 4. The van der Waals surface area contributed by atoms with Gasteiger partial charge in [0.15, 0.2) is 6.10 Å². The fourth-order valence-electron chi connectivity index (χ4n) is 4.30. The zero-order valence-corrected chi connectivity index (χ0v) is 19.2. The summed E-state index contributed by atoms with van der Waals surface area (Å²) >= 11 is 0. The number of benzene rings is 3. The number of rotatable bonds is 6. The highest BCUT2D eigenvalue weighted by Gasteiger charge is 2.32. The Morgan fingerprint density at radius 2 is 1.74 bits per heavy atom. The number of aryl methyl sites for hydroxylation is 3. The first kappa shape index (κ1) is 21.7. The first-order chi connectivity index (χ1) is 16.5. The number of fused-ring (bicyclic) bond motifs is 2. The van der Waals surface area contributed by atoms with Crippen LogP contribution in [-0.2, 0) is 29.5 Å². The summed E-state index contributed by atoms with van der Waals surface area (Å²) in [6, 6.07) is 23.2. The molecule has 0 spiro atoms. The Kier molecular flexibility index (Phi) is 5.76. The molecule has 34 heavy (non-hydrogen) atoms. The number of hydrogen-bond donors (Lipinski definition) is 1. The molecule has 0 bridgehead atoms. The van der Waals surface area contributed by atoms with E-state index >= 15 is 0 Å². The van der Waals surface area contributed by atoms with Crippen molar-refractivity contribution in [3.05, 3.63) is 84.2 Å². The summed E-state index contributed by atoms with van der Waals surface area (Å²) in [5.74, 6) is 1.16. The van der Waals surface area contributed by atoms with Gasteiger partial charge >= 0.3 is 0 Å². The second-order valence-corrected chi connectivity index (χ2v) is 8.47. The van der Waals surface area contributed by atoms with Crippen LogP contribution in [0, 0.1) is 0 Å². The van der Waals surface area contributed by atoms with Crippen LogP contribution in [0.15, 0.2) is 72.8 Å². The lowest BCUT2D eigenvalue weighted by atomic mass is 10.1. The minimum Gasteiger partial charge on any atom is -0.479 e. The van der Waals surface area contributed by atoms with E-state index in [-0.39, 0.29) is 18.4 Å². The zero-order chi connectivity index (χ0) is 23.7. The van der Waals surface area contributed by atoms with E-state index in [1.54, 1.807) is 19.1 Å². The van der Waals surface area contributed by atoms with Gasteiger partial charge in [0.1, 0.15) is 18.1 Å². The van der Waals surface area contributed by atoms with Gasteiger partial charge in [-0.05, 0) is 55.3 Å². The second-order valence-electron chi connectivity index (χ2n) is 8.47. The number of nitrogens with one attached hydrogen (secondary N) is 1. The molecule has 3 aromatic carbocycles. The van der Waals surface area contributed by atoms with Crippen molar-refractivity contribution in [1.82, 2.24) is 9.55 Å². The lowest BCUT2D eigenvalue weighted by Gasteiger charge is -2.32. The van der Waals surface area contributed by atoms with E-state index in [2.05, 4.69) is 16.0 Å². The fourth-order valence-corrected chi connectivity index (χ4v) is 4.30. The normalized spacial score (nSPS) is 15.2. The molecule has 0 fully saturated rings. The summed E-state index contributed by atoms with van der Waals surface area (Å²) in [6.07, 6.45) is 1.05. The predicted molar refractivity (Wildman–Crippen MR) is 132 cm³/mol. The molecule has 2 heterocycles. The Bertz CT molecular complexity index is 1360. The maximum atomic E-state index is 12.7. The fraction of sp³-hybridized carbons (Fsp3) is 0.222. The molecule has 0 aliphatic carbocycles. The quantitative estimate of drug-likeness (QED) is 0.476. The van der Waals surface area contributed by atoms with Crippen LogP contribution in [0.2, 0.25) is 0 Å². The Morgan fingerprint density at radius 1 is 1.00 bits per heavy atom. The highest BCUT2D eigenvalue weighted by Crippen LogP contribution is 2.33. The SMILES string of the molecule is C[C@@H]1Oc2ccccc2N(CC(=O)Nc2ccc(CCc3nc4ccccc4n3C)cc2)C1=O. The van der Waals surface area contributed by atoms with Crippen LogP contribution in [0.1, 0.15) is 18.3 Å². The van der Waals surface area contributed by atoms with Gasteiger partial charge in [-0.15, -0.1) is 0 Å². The highest BCUT2D eigenvalue weighted by atomic mass is 16.5. The van der Waals surface area contributed by atoms with Crippen molar-refractivity contribution in [2.24, 2.45) is 7.05 Å². The molecule has 0 unspecified atom stereocenters. The smallest absolute Gasteiger partial charge is 0.268 e. The number of carbonyl (C=O) groups excluding carboxylic acids is 2. The lowest BCUT2D eigenvalue weighted by molar-refractivity contribution is -0.127. The van der Waals surface area contributed by atoms with E-state index in [0.717, 1.165) is 35.3 Å². The van der Waals surface area contributed by atoms with Crippen molar-refractivity contribution < 1.29 is 14.3 Å². The molecule has 0 saturated heterocycles. The standard InChI is InChI=1S/C27H26N4O3/c1-18-27(33)31(23-9-5-6-10-24(23)34-18)17-26(32)28-20-14-11-19(12-15-20)13-16-25-29-21-7-3-4-8-22(21)30(25)2/h3-12,14-15,18H,13,16-17H2,1-2H3,(H,28,32)/t18-/m0/s1. The summed E-state index contributed by atoms with van der Waals surface area (Å²) in [5, 5.41) is 2.89. The Hall–Kier alpha value is -4.13. The van der Waals surface area contributed by atoms with Crippen LogP contribution >= 0.6 is 0 Å². The molecule has 1 atom stereocenters. The van der Waals surface area contributed by atoms with Crippen molar-refractivity contribution in [1.29, 1.82) is 0 Å². The second kappa shape index (κ2) is 9.02. The molecular weight excluding hydrogens is 428 g/mol. The van der Waals surface area contributed by atoms with Gasteiger partial charge in [0.05, 0.1) is 16.7 Å². The van der Waals surface area contributed by atoms with Crippen LogP contribution in [-0.4, -0.2) is 34.0 Å². The average molecular weight is 455 g/mol. The minimum absolute atomic E-state index is 0.0714. The number of imidazole rings is 1. The van der Waals surface area contributed by atoms with Gasteiger partial charge in [-0.2, -0.15) is 0 Å². The van der Waals surface area contributed by atoms with Gasteiger partial charge in [0.25, 0.3) is 5.91 Å². The summed E-state index contributed by atoms with van der Waals surface area (Å²) in [6.45, 7) is 1.62. The number of ether oxygens (including phenoxy) is 1. The molecule has 1 N–H and O–H groups in total. The molecule has 0 saturated carbocycles. The van der Waals surface area contributed by atoms with Gasteiger partial charge in [-0.25, -0.2) is 4.98 Å². The molecule has 172 valence electrons. The third kappa shape index (κ3) is 4.24. The van der Waals surface area contributed by atoms with Crippen LogP contribution in [0.25, 0.3) is 11.0 Å². The van der Waals surface area contributed by atoms with Gasteiger partial charge in [0.2, 0.25) is 5.91 Å². The predicted octanol–water partition coefficient (Wildman–Crippen LogP) is 4.11. The summed E-state index contributed by atoms with van der Waals surface area (Å²) in [4.78, 5) is 31.5. The van der Waals surface area contributed by atoms with Crippen LogP contribution in [0.4, 0.5) is 11.4 Å². The van der Waals surface area contributed by atoms with Gasteiger partial charge in [-0.1, -0.05) is 36.4 Å². The summed E-state index contributed by atoms with van der Waals surface area (Å²) < 4.78 is 7.77. The van der Waals surface area contributed by atoms with Crippen molar-refractivity contribution in [3.63, 3.8) is 0 Å². The highest BCUT2D eigenvalue weighted by molar-refractivity contribution is 6.06. The maximum absolute atomic E-state index is 12.7. The van der Waals surface area contributed by atoms with Crippen LogP contribution < -0.4 is 15.0 Å². The van der Waals surface area contributed by atoms with Crippen LogP contribution in [0.3, 0.4) is 0 Å². The number of aromatic nitrogens is 2. The largest absolute Gasteiger partial charge is 0.479 e. The van der Waals surface area contributed by atoms with E-state index in [4.69, 9.17) is 9.72 Å². The molecular formula is C27H26N4O3. The molecule has 2 amide bonds. The number of anilines is 2. The van der Waals surface area contributed by atoms with E-state index in [1.165, 1.54) is 4.90 Å². The molecule has 7 heteroatoms. The third-order valence-electron chi connectivity index (χ3n) is 6.13. The third-order valence-corrected chi connectivity index (χ3v) is 6.13. The number of carbonyl (C=O) groups is 2. The zero-order valence-electron chi connectivity index (χ0n) is 19.2. The Morgan fingerprint density at radius 3 is 2.53 bits per heavy atom. The van der Waals surface area contributed by atoms with Gasteiger partial charge < -0.3 is 14.6 Å². The number of amides is 2. The van der Waals surface area contributed by atoms with Crippen molar-refractivity contribution in [2.45, 2.75) is 25.9 Å². The molecule has 1 aliphatic rings.